The second-order valence-corrected chi connectivity index (χ2v) is 12.7. The number of allylic oxidation sites excluding steroid dienone is 4. The van der Waals surface area contributed by atoms with Crippen LogP contribution in [0.3, 0.4) is 0 Å². The van der Waals surface area contributed by atoms with Crippen LogP contribution in [0.1, 0.15) is 140 Å². The molecule has 3 nitrogen and oxygen atoms in total. The summed E-state index contributed by atoms with van der Waals surface area (Å²) in [6.07, 6.45) is 28.9. The minimum Gasteiger partial charge on any atom is -0.427 e. The van der Waals surface area contributed by atoms with E-state index in [1.165, 1.54) is 62.5 Å². The summed E-state index contributed by atoms with van der Waals surface area (Å²) in [6.45, 7) is 4.48. The molecule has 4 rings (SSSR count). The van der Waals surface area contributed by atoms with Gasteiger partial charge in [-0.25, -0.2) is 0 Å². The van der Waals surface area contributed by atoms with Crippen LogP contribution in [0.25, 0.3) is 0 Å². The van der Waals surface area contributed by atoms with Gasteiger partial charge in [0.05, 0.1) is 0 Å². The normalized spacial score (nSPS) is 26.1. The Labute approximate surface area is 237 Å². The number of Topliss-reactive ketones (excluding diaryl/α,β-unsaturated/α-hetero) is 1. The molecule has 1 aromatic carbocycles. The van der Waals surface area contributed by atoms with E-state index in [0.29, 0.717) is 35.7 Å². The summed E-state index contributed by atoms with van der Waals surface area (Å²) in [6, 6.07) is 6.33. The Hall–Kier alpha value is -2.16. The smallest absolute Gasteiger partial charge is 0.311 e. The first-order chi connectivity index (χ1) is 19.0. The number of carbonyl (C=O) groups excluding carboxylic acids is 2. The number of ketones is 1. The molecular formula is C36H52O3. The minimum atomic E-state index is -0.106. The summed E-state index contributed by atoms with van der Waals surface area (Å²) < 4.78 is 5.74. The van der Waals surface area contributed by atoms with E-state index in [1.807, 2.05) is 6.07 Å². The fourth-order valence-electron chi connectivity index (χ4n) is 7.68. The first kappa shape index (κ1) is 29.8. The molecule has 0 spiro atoms. The van der Waals surface area contributed by atoms with Crippen molar-refractivity contribution in [2.75, 3.05) is 0 Å². The van der Waals surface area contributed by atoms with E-state index in [2.05, 4.69) is 50.3 Å². The molecule has 0 bridgehead atoms. The lowest BCUT2D eigenvalue weighted by Crippen LogP contribution is -2.42. The maximum atomic E-state index is 12.6. The fourth-order valence-corrected chi connectivity index (χ4v) is 7.68. The summed E-state index contributed by atoms with van der Waals surface area (Å²) in [5.41, 5.74) is 2.72. The Morgan fingerprint density at radius 3 is 2.41 bits per heavy atom. The summed E-state index contributed by atoms with van der Waals surface area (Å²) in [5.74, 6) is 2.85. The van der Waals surface area contributed by atoms with Gasteiger partial charge < -0.3 is 4.74 Å². The SMILES string of the molecule is CCCCCC/C=C/C=C/CCCCCCCC(=O)Oc1ccc2c(c1)CC[C@@H]1[C@@H]2CC[C@]2(C)C(=O)CC[C@@H]12. The van der Waals surface area contributed by atoms with E-state index in [4.69, 9.17) is 4.74 Å². The van der Waals surface area contributed by atoms with Crippen LogP contribution in [0.5, 0.6) is 5.75 Å². The molecule has 0 amide bonds. The van der Waals surface area contributed by atoms with Gasteiger partial charge in [0.25, 0.3) is 0 Å². The summed E-state index contributed by atoms with van der Waals surface area (Å²) >= 11 is 0. The highest BCUT2D eigenvalue weighted by Gasteiger charge is 2.54. The van der Waals surface area contributed by atoms with Gasteiger partial charge in [-0.05, 0) is 105 Å². The molecule has 0 N–H and O–H groups in total. The number of unbranched alkanes of at least 4 members (excludes halogenated alkanes) is 9. The van der Waals surface area contributed by atoms with E-state index in [0.717, 1.165) is 57.8 Å². The Bertz CT molecular complexity index is 1000. The number of rotatable bonds is 15. The first-order valence-electron chi connectivity index (χ1n) is 16.2. The molecule has 0 aliphatic heterocycles. The van der Waals surface area contributed by atoms with Crippen molar-refractivity contribution in [1.29, 1.82) is 0 Å². The predicted molar refractivity (Wildman–Crippen MR) is 161 cm³/mol. The Balaban J connectivity index is 1.09. The molecule has 3 aliphatic rings. The van der Waals surface area contributed by atoms with Crippen LogP contribution in [-0.2, 0) is 16.0 Å². The molecule has 3 heteroatoms. The highest BCUT2D eigenvalue weighted by atomic mass is 16.5. The molecule has 2 fully saturated rings. The molecule has 4 atom stereocenters. The number of fused-ring (bicyclic) bond motifs is 5. The van der Waals surface area contributed by atoms with Crippen molar-refractivity contribution in [3.8, 4) is 5.75 Å². The van der Waals surface area contributed by atoms with Crippen molar-refractivity contribution in [2.24, 2.45) is 17.3 Å². The maximum absolute atomic E-state index is 12.6. The van der Waals surface area contributed by atoms with Crippen LogP contribution < -0.4 is 4.74 Å². The molecule has 3 aliphatic carbocycles. The van der Waals surface area contributed by atoms with Gasteiger partial charge in [-0.15, -0.1) is 0 Å². The van der Waals surface area contributed by atoms with Crippen molar-refractivity contribution >= 4 is 11.8 Å². The Morgan fingerprint density at radius 2 is 1.64 bits per heavy atom. The molecule has 0 heterocycles. The number of ether oxygens (including phenoxy) is 1. The molecule has 2 saturated carbocycles. The van der Waals surface area contributed by atoms with Crippen LogP contribution in [0.15, 0.2) is 42.5 Å². The number of carbonyl (C=O) groups is 2. The van der Waals surface area contributed by atoms with Crippen molar-refractivity contribution < 1.29 is 14.3 Å². The lowest BCUT2D eigenvalue weighted by Gasteiger charge is -2.48. The third kappa shape index (κ3) is 7.95. The van der Waals surface area contributed by atoms with E-state index >= 15 is 0 Å². The van der Waals surface area contributed by atoms with Crippen LogP contribution >= 0.6 is 0 Å². The van der Waals surface area contributed by atoms with Crippen LogP contribution in [0, 0.1) is 17.3 Å². The molecule has 0 saturated heterocycles. The van der Waals surface area contributed by atoms with Crippen LogP contribution in [0.4, 0.5) is 0 Å². The van der Waals surface area contributed by atoms with Gasteiger partial charge in [-0.3, -0.25) is 9.59 Å². The highest BCUT2D eigenvalue weighted by molar-refractivity contribution is 5.87. The average molecular weight is 533 g/mol. The molecule has 0 unspecified atom stereocenters. The topological polar surface area (TPSA) is 43.4 Å². The van der Waals surface area contributed by atoms with Crippen molar-refractivity contribution in [2.45, 2.75) is 135 Å². The van der Waals surface area contributed by atoms with Gasteiger partial charge in [0.1, 0.15) is 11.5 Å². The summed E-state index contributed by atoms with van der Waals surface area (Å²) in [5, 5.41) is 0. The standard InChI is InChI=1S/C36H52O3/c1-3-4-5-6-7-8-9-10-11-12-13-14-15-16-17-18-35(38)39-29-20-22-30-28(27-29)19-21-32-31(30)25-26-36(2)33(32)23-24-34(36)37/h8-11,20,22,27,31-33H,3-7,12-19,21,23-26H2,1-2H3/b9-8+,11-10+/t31-,32-,33+,36+/m1/s1. The van der Waals surface area contributed by atoms with E-state index in [1.54, 1.807) is 0 Å². The largest absolute Gasteiger partial charge is 0.427 e. The van der Waals surface area contributed by atoms with Crippen LogP contribution in [-0.4, -0.2) is 11.8 Å². The number of benzene rings is 1. The van der Waals surface area contributed by atoms with Gasteiger partial charge >= 0.3 is 5.97 Å². The minimum absolute atomic E-state index is 0.0737. The average Bonchev–Trinajstić information content (AvgIpc) is 3.24. The monoisotopic (exact) mass is 532 g/mol. The van der Waals surface area contributed by atoms with Crippen molar-refractivity contribution in [3.05, 3.63) is 53.6 Å². The quantitative estimate of drug-likeness (QED) is 0.0977. The van der Waals surface area contributed by atoms with E-state index in [-0.39, 0.29) is 11.4 Å². The maximum Gasteiger partial charge on any atom is 0.311 e. The number of hydrogen-bond donors (Lipinski definition) is 0. The molecular weight excluding hydrogens is 480 g/mol. The second kappa shape index (κ2) is 15.0. The summed E-state index contributed by atoms with van der Waals surface area (Å²) in [4.78, 5) is 25.0. The van der Waals surface area contributed by atoms with Crippen LogP contribution in [0.2, 0.25) is 0 Å². The van der Waals surface area contributed by atoms with E-state index in [9.17, 15) is 9.59 Å². The third-order valence-corrected chi connectivity index (χ3v) is 10.00. The zero-order chi connectivity index (χ0) is 27.5. The third-order valence-electron chi connectivity index (χ3n) is 10.00. The van der Waals surface area contributed by atoms with Gasteiger partial charge in [0.15, 0.2) is 0 Å². The molecule has 0 radical (unpaired) electrons. The number of esters is 1. The lowest BCUT2D eigenvalue weighted by atomic mass is 9.55. The molecule has 1 aromatic rings. The predicted octanol–water partition coefficient (Wildman–Crippen LogP) is 9.83. The highest BCUT2D eigenvalue weighted by Crippen LogP contribution is 2.59. The zero-order valence-electron chi connectivity index (χ0n) is 24.7. The number of aryl methyl sites for hydroxylation is 1. The Kier molecular flexibility index (Phi) is 11.5. The van der Waals surface area contributed by atoms with Gasteiger partial charge in [-0.2, -0.15) is 0 Å². The zero-order valence-corrected chi connectivity index (χ0v) is 24.7. The number of hydrogen-bond acceptors (Lipinski definition) is 3. The second-order valence-electron chi connectivity index (χ2n) is 12.7. The molecule has 39 heavy (non-hydrogen) atoms. The Morgan fingerprint density at radius 1 is 0.923 bits per heavy atom. The van der Waals surface area contributed by atoms with Crippen molar-refractivity contribution in [1.82, 2.24) is 0 Å². The fraction of sp³-hybridized carbons (Fsp3) is 0.667. The first-order valence-corrected chi connectivity index (χ1v) is 16.2. The summed E-state index contributed by atoms with van der Waals surface area (Å²) in [7, 11) is 0. The lowest BCUT2D eigenvalue weighted by molar-refractivity contribution is -0.134. The van der Waals surface area contributed by atoms with E-state index < -0.39 is 0 Å². The van der Waals surface area contributed by atoms with Gasteiger partial charge in [0, 0.05) is 18.3 Å². The molecule has 214 valence electrons. The van der Waals surface area contributed by atoms with Gasteiger partial charge in [-0.1, -0.05) is 82.7 Å². The van der Waals surface area contributed by atoms with Gasteiger partial charge in [0.2, 0.25) is 0 Å². The molecule has 0 aromatic heterocycles. The van der Waals surface area contributed by atoms with Crippen molar-refractivity contribution in [3.63, 3.8) is 0 Å².